The fourth-order valence-corrected chi connectivity index (χ4v) is 1.78. The van der Waals surface area contributed by atoms with Gasteiger partial charge in [-0.2, -0.15) is 8.42 Å². The molecule has 0 bridgehead atoms. The summed E-state index contributed by atoms with van der Waals surface area (Å²) in [5, 5.41) is 8.81. The van der Waals surface area contributed by atoms with Gasteiger partial charge in [0.25, 0.3) is 10.1 Å². The molecule has 1 heterocycles. The Morgan fingerprint density at radius 3 is 2.62 bits per heavy atom. The fraction of sp³-hybridized carbons (Fsp3) is 0.125. The van der Waals surface area contributed by atoms with Gasteiger partial charge in [-0.1, -0.05) is 0 Å². The first-order valence-corrected chi connectivity index (χ1v) is 5.52. The Morgan fingerprint density at radius 1 is 1.38 bits per heavy atom. The molecule has 0 spiro atoms. The van der Waals surface area contributed by atoms with Crippen molar-refractivity contribution in [3.63, 3.8) is 0 Å². The molecule has 0 aliphatic rings. The summed E-state index contributed by atoms with van der Waals surface area (Å²) in [5.41, 5.74) is 0.987. The third kappa shape index (κ3) is 2.33. The molecule has 0 saturated heterocycles. The van der Waals surface area contributed by atoms with Crippen LogP contribution in [0, 0.1) is 0 Å². The summed E-state index contributed by atoms with van der Waals surface area (Å²) in [6, 6.07) is 3.96. The lowest BCUT2D eigenvalue weighted by Gasteiger charge is -1.95. The van der Waals surface area contributed by atoms with Gasteiger partial charge in [0.05, 0.1) is 15.9 Å². The van der Waals surface area contributed by atoms with Crippen LogP contribution in [0.25, 0.3) is 11.0 Å². The van der Waals surface area contributed by atoms with E-state index in [1.165, 1.54) is 18.2 Å². The topological polar surface area (TPSA) is 103 Å². The number of aliphatic hydroxyl groups excluding tert-OH is 1. The van der Waals surface area contributed by atoms with Gasteiger partial charge in [0, 0.05) is 0 Å². The van der Waals surface area contributed by atoms with Crippen LogP contribution in [0.4, 0.5) is 0 Å². The molecule has 0 unspecified atom stereocenters. The highest BCUT2D eigenvalue weighted by Crippen LogP contribution is 2.17. The standard InChI is InChI=1S/C8H8N2O4S.ClH/c11-4-8-9-6-2-1-5(15(12,13)14)3-7(6)10-8;/h1-3,11H,4H2,(H,9,10)(H,12,13,14);1H/p-1. The molecular weight excluding hydrogens is 256 g/mol. The van der Waals surface area contributed by atoms with E-state index in [0.717, 1.165) is 0 Å². The number of halogens is 1. The van der Waals surface area contributed by atoms with E-state index in [0.29, 0.717) is 16.9 Å². The van der Waals surface area contributed by atoms with Crippen LogP contribution in [0.3, 0.4) is 0 Å². The van der Waals surface area contributed by atoms with Crippen molar-refractivity contribution in [2.24, 2.45) is 0 Å². The second-order valence-corrected chi connectivity index (χ2v) is 4.42. The highest BCUT2D eigenvalue weighted by molar-refractivity contribution is 7.85. The van der Waals surface area contributed by atoms with Crippen LogP contribution in [0.1, 0.15) is 5.82 Å². The van der Waals surface area contributed by atoms with Crippen molar-refractivity contribution >= 4 is 21.2 Å². The summed E-state index contributed by atoms with van der Waals surface area (Å²) in [7, 11) is -4.20. The van der Waals surface area contributed by atoms with E-state index in [1.54, 1.807) is 0 Å². The molecule has 0 atom stereocenters. The van der Waals surface area contributed by atoms with Crippen LogP contribution in [0.15, 0.2) is 23.1 Å². The Bertz CT molecular complexity index is 608. The third-order valence-corrected chi connectivity index (χ3v) is 2.80. The molecule has 88 valence electrons. The van der Waals surface area contributed by atoms with E-state index in [2.05, 4.69) is 9.97 Å². The van der Waals surface area contributed by atoms with Gasteiger partial charge in [0.2, 0.25) is 0 Å². The zero-order valence-electron chi connectivity index (χ0n) is 7.88. The molecule has 8 heteroatoms. The predicted molar refractivity (Wildman–Crippen MR) is 51.8 cm³/mol. The summed E-state index contributed by atoms with van der Waals surface area (Å²) in [6.45, 7) is -0.254. The number of fused-ring (bicyclic) bond motifs is 1. The minimum atomic E-state index is -4.20. The molecule has 0 aliphatic heterocycles. The van der Waals surface area contributed by atoms with Gasteiger partial charge in [0.15, 0.2) is 0 Å². The number of rotatable bonds is 2. The van der Waals surface area contributed by atoms with Crippen LogP contribution in [0.2, 0.25) is 0 Å². The first kappa shape index (κ1) is 12.9. The highest BCUT2D eigenvalue weighted by atomic mass is 35.5. The minimum absolute atomic E-state index is 0. The molecule has 0 saturated carbocycles. The van der Waals surface area contributed by atoms with E-state index >= 15 is 0 Å². The summed E-state index contributed by atoms with van der Waals surface area (Å²) in [4.78, 5) is 6.49. The number of H-pyrrole nitrogens is 1. The van der Waals surface area contributed by atoms with Crippen molar-refractivity contribution < 1.29 is 30.5 Å². The molecule has 2 rings (SSSR count). The number of aliphatic hydroxyl groups is 1. The Balaban J connectivity index is 0.00000128. The Labute approximate surface area is 97.5 Å². The average molecular weight is 264 g/mol. The Morgan fingerprint density at radius 2 is 2.06 bits per heavy atom. The van der Waals surface area contributed by atoms with Crippen molar-refractivity contribution in [3.05, 3.63) is 24.0 Å². The van der Waals surface area contributed by atoms with E-state index < -0.39 is 10.1 Å². The van der Waals surface area contributed by atoms with E-state index in [-0.39, 0.29) is 23.9 Å². The maximum Gasteiger partial charge on any atom is 0.294 e. The van der Waals surface area contributed by atoms with Gasteiger partial charge in [-0.15, -0.1) is 0 Å². The smallest absolute Gasteiger partial charge is 0.294 e. The zero-order valence-corrected chi connectivity index (χ0v) is 9.46. The number of nitrogens with one attached hydrogen (secondary N) is 1. The second kappa shape index (κ2) is 4.38. The molecule has 2 aromatic rings. The van der Waals surface area contributed by atoms with Crippen LogP contribution in [-0.4, -0.2) is 28.0 Å². The van der Waals surface area contributed by atoms with E-state index in [4.69, 9.17) is 9.66 Å². The normalized spacial score (nSPS) is 11.4. The van der Waals surface area contributed by atoms with Crippen molar-refractivity contribution in [2.45, 2.75) is 11.5 Å². The minimum Gasteiger partial charge on any atom is -1.00 e. The van der Waals surface area contributed by atoms with Crippen LogP contribution in [0.5, 0.6) is 0 Å². The fourth-order valence-electron chi connectivity index (χ4n) is 1.28. The predicted octanol–water partition coefficient (Wildman–Crippen LogP) is -2.69. The average Bonchev–Trinajstić information content (AvgIpc) is 2.57. The van der Waals surface area contributed by atoms with Gasteiger partial charge in [-0.25, -0.2) is 4.98 Å². The molecule has 6 nitrogen and oxygen atoms in total. The van der Waals surface area contributed by atoms with Crippen LogP contribution in [-0.2, 0) is 16.7 Å². The van der Waals surface area contributed by atoms with Crippen molar-refractivity contribution in [3.8, 4) is 0 Å². The molecule has 0 fully saturated rings. The quantitative estimate of drug-likeness (QED) is 0.512. The molecule has 0 aliphatic carbocycles. The number of aromatic nitrogens is 2. The first-order valence-electron chi connectivity index (χ1n) is 4.08. The summed E-state index contributed by atoms with van der Waals surface area (Å²) in [5.74, 6) is 0.345. The van der Waals surface area contributed by atoms with E-state index in [9.17, 15) is 8.42 Å². The maximum atomic E-state index is 10.8. The molecule has 0 radical (unpaired) electrons. The Kier molecular flexibility index (Phi) is 3.54. The SMILES string of the molecule is O=S(=O)(O)c1ccc2nc(CO)[nH]c2c1.[Cl-]. The van der Waals surface area contributed by atoms with Crippen molar-refractivity contribution in [1.29, 1.82) is 0 Å². The summed E-state index contributed by atoms with van der Waals surface area (Å²) >= 11 is 0. The zero-order chi connectivity index (χ0) is 11.1. The number of hydrogen-bond acceptors (Lipinski definition) is 4. The number of imidazole rings is 1. The largest absolute Gasteiger partial charge is 1.00 e. The van der Waals surface area contributed by atoms with Crippen molar-refractivity contribution in [1.82, 2.24) is 9.97 Å². The molecule has 16 heavy (non-hydrogen) atoms. The number of nitrogens with zero attached hydrogens (tertiary/aromatic N) is 1. The van der Waals surface area contributed by atoms with Gasteiger partial charge in [-0.3, -0.25) is 4.55 Å². The highest BCUT2D eigenvalue weighted by Gasteiger charge is 2.11. The molecule has 3 N–H and O–H groups in total. The first-order chi connectivity index (χ1) is 7.00. The molecule has 1 aromatic heterocycles. The van der Waals surface area contributed by atoms with Crippen LogP contribution >= 0.6 is 0 Å². The Hall–Kier alpha value is -1.15. The maximum absolute atomic E-state index is 10.8. The van der Waals surface area contributed by atoms with Crippen molar-refractivity contribution in [2.75, 3.05) is 0 Å². The van der Waals surface area contributed by atoms with Gasteiger partial charge >= 0.3 is 0 Å². The number of benzene rings is 1. The lowest BCUT2D eigenvalue weighted by Crippen LogP contribution is -3.00. The van der Waals surface area contributed by atoms with Gasteiger partial charge in [-0.05, 0) is 18.2 Å². The van der Waals surface area contributed by atoms with E-state index in [1.807, 2.05) is 0 Å². The summed E-state index contributed by atoms with van der Waals surface area (Å²) in [6.07, 6.45) is 0. The lowest BCUT2D eigenvalue weighted by atomic mass is 10.3. The second-order valence-electron chi connectivity index (χ2n) is 3.00. The van der Waals surface area contributed by atoms with Crippen LogP contribution < -0.4 is 12.4 Å². The third-order valence-electron chi connectivity index (χ3n) is 1.95. The monoisotopic (exact) mass is 263 g/mol. The lowest BCUT2D eigenvalue weighted by molar-refractivity contribution is -0.00000818. The number of aromatic amines is 1. The molecule has 0 amide bonds. The molecule has 1 aromatic carbocycles. The van der Waals surface area contributed by atoms with Gasteiger partial charge in [0.1, 0.15) is 12.4 Å². The molecular formula is C8H8ClN2O4S-. The summed E-state index contributed by atoms with van der Waals surface area (Å²) < 4.78 is 30.5. The van der Waals surface area contributed by atoms with Gasteiger partial charge < -0.3 is 22.5 Å². The number of hydrogen-bond donors (Lipinski definition) is 3.